The lowest BCUT2D eigenvalue weighted by molar-refractivity contribution is -0.122. The highest BCUT2D eigenvalue weighted by Crippen LogP contribution is 2.24. The summed E-state index contributed by atoms with van der Waals surface area (Å²) < 4.78 is 6.57. The van der Waals surface area contributed by atoms with Crippen LogP contribution in [0.2, 0.25) is 0 Å². The summed E-state index contributed by atoms with van der Waals surface area (Å²) in [6.07, 6.45) is -0.114. The van der Waals surface area contributed by atoms with Gasteiger partial charge in [-0.1, -0.05) is 12.1 Å². The maximum atomic E-state index is 11.3. The number of para-hydroxylation sites is 1. The number of nitrogens with one attached hydrogen (secondary N) is 1. The number of carbonyl (C=O) groups is 1. The molecule has 0 aromatic heterocycles. The van der Waals surface area contributed by atoms with Gasteiger partial charge in [-0.2, -0.15) is 0 Å². The summed E-state index contributed by atoms with van der Waals surface area (Å²) in [6, 6.07) is 7.09. The van der Waals surface area contributed by atoms with E-state index in [1.165, 1.54) is 0 Å². The van der Waals surface area contributed by atoms with Crippen LogP contribution in [-0.4, -0.2) is 24.6 Å². The maximum Gasteiger partial charge on any atom is 0.236 e. The Labute approximate surface area is 122 Å². The number of nitrogens with two attached hydrogens (primary N) is 1. The number of rotatable bonds is 5. The Morgan fingerprint density at radius 1 is 1.44 bits per heavy atom. The van der Waals surface area contributed by atoms with Crippen LogP contribution in [0.4, 0.5) is 0 Å². The number of carbonyl (C=O) groups excluding carboxylic acids is 1. The quantitative estimate of drug-likeness (QED) is 0.865. The molecule has 0 bridgehead atoms. The van der Waals surface area contributed by atoms with Crippen molar-refractivity contribution in [3.8, 4) is 5.75 Å². The highest BCUT2D eigenvalue weighted by atomic mass is 79.9. The van der Waals surface area contributed by atoms with Gasteiger partial charge in [0.05, 0.1) is 17.1 Å². The summed E-state index contributed by atoms with van der Waals surface area (Å²) in [5, 5.41) is 2.72. The minimum Gasteiger partial charge on any atom is -0.488 e. The minimum atomic E-state index is -0.495. The van der Waals surface area contributed by atoms with Gasteiger partial charge < -0.3 is 15.8 Å². The molecular weight excluding hydrogens is 320 g/mol. The van der Waals surface area contributed by atoms with Gasteiger partial charge in [-0.3, -0.25) is 4.79 Å². The number of hydrogen-bond donors (Lipinski definition) is 2. The van der Waals surface area contributed by atoms with Crippen molar-refractivity contribution in [3.63, 3.8) is 0 Å². The van der Waals surface area contributed by atoms with Crippen molar-refractivity contribution in [1.82, 2.24) is 5.32 Å². The molecule has 0 aliphatic rings. The molecule has 1 aromatic rings. The van der Waals surface area contributed by atoms with Gasteiger partial charge in [-0.15, -0.1) is 12.4 Å². The minimum absolute atomic E-state index is 0. The first kappa shape index (κ1) is 17.2. The first-order valence-corrected chi connectivity index (χ1v) is 6.24. The maximum absolute atomic E-state index is 11.3. The number of hydrogen-bond acceptors (Lipinski definition) is 3. The fourth-order valence-electron chi connectivity index (χ4n) is 1.20. The van der Waals surface area contributed by atoms with Crippen molar-refractivity contribution in [2.24, 2.45) is 5.73 Å². The molecule has 0 radical (unpaired) electrons. The van der Waals surface area contributed by atoms with E-state index in [1.54, 1.807) is 6.92 Å². The predicted molar refractivity (Wildman–Crippen MR) is 78.1 cm³/mol. The average Bonchev–Trinajstić information content (AvgIpc) is 2.29. The van der Waals surface area contributed by atoms with Crippen molar-refractivity contribution in [2.45, 2.75) is 26.0 Å². The summed E-state index contributed by atoms with van der Waals surface area (Å²) in [5.41, 5.74) is 5.44. The van der Waals surface area contributed by atoms with E-state index in [4.69, 9.17) is 10.5 Å². The second-order valence-electron chi connectivity index (χ2n) is 3.89. The molecule has 0 heterocycles. The van der Waals surface area contributed by atoms with E-state index in [1.807, 2.05) is 31.2 Å². The summed E-state index contributed by atoms with van der Waals surface area (Å²) in [6.45, 7) is 3.97. The molecule has 0 saturated carbocycles. The number of ether oxygens (including phenoxy) is 1. The Morgan fingerprint density at radius 2 is 2.06 bits per heavy atom. The lowest BCUT2D eigenvalue weighted by atomic mass is 10.3. The molecule has 0 saturated heterocycles. The molecule has 4 nitrogen and oxygen atoms in total. The topological polar surface area (TPSA) is 64.4 Å². The van der Waals surface area contributed by atoms with Gasteiger partial charge in [0.15, 0.2) is 0 Å². The summed E-state index contributed by atoms with van der Waals surface area (Å²) in [4.78, 5) is 11.3. The van der Waals surface area contributed by atoms with E-state index < -0.39 is 6.04 Å². The molecule has 1 aromatic carbocycles. The third kappa shape index (κ3) is 5.71. The van der Waals surface area contributed by atoms with Crippen LogP contribution in [0.5, 0.6) is 5.75 Å². The Bertz CT molecular complexity index is 388. The van der Waals surface area contributed by atoms with Gasteiger partial charge >= 0.3 is 0 Å². The largest absolute Gasteiger partial charge is 0.488 e. The standard InChI is InChI=1S/C12H17BrN2O2.ClH/c1-8(7-15-12(16)9(2)14)17-11-6-4-3-5-10(11)13;/h3-6,8-9H,7,14H2,1-2H3,(H,15,16);1H/t8?,9-;/m0./s1. The van der Waals surface area contributed by atoms with Gasteiger partial charge in [-0.05, 0) is 41.9 Å². The predicted octanol–water partition coefficient (Wildman–Crippen LogP) is 2.10. The smallest absolute Gasteiger partial charge is 0.236 e. The SMILES string of the molecule is CC(CNC(=O)[C@H](C)N)Oc1ccccc1Br.Cl. The Morgan fingerprint density at radius 3 is 2.61 bits per heavy atom. The third-order valence-corrected chi connectivity index (χ3v) is 2.80. The van der Waals surface area contributed by atoms with Crippen LogP contribution >= 0.6 is 28.3 Å². The van der Waals surface area contributed by atoms with E-state index >= 15 is 0 Å². The molecule has 3 N–H and O–H groups in total. The molecule has 1 amide bonds. The van der Waals surface area contributed by atoms with Crippen molar-refractivity contribution >= 4 is 34.2 Å². The van der Waals surface area contributed by atoms with Gasteiger partial charge in [-0.25, -0.2) is 0 Å². The highest BCUT2D eigenvalue weighted by molar-refractivity contribution is 9.10. The molecule has 6 heteroatoms. The number of benzene rings is 1. The summed E-state index contributed by atoms with van der Waals surface area (Å²) >= 11 is 3.40. The molecule has 0 fully saturated rings. The normalized spacial score (nSPS) is 13.1. The van der Waals surface area contributed by atoms with Gasteiger partial charge in [0, 0.05) is 0 Å². The van der Waals surface area contributed by atoms with Gasteiger partial charge in [0.1, 0.15) is 11.9 Å². The molecule has 0 spiro atoms. The van der Waals surface area contributed by atoms with Crippen LogP contribution < -0.4 is 15.8 Å². The summed E-state index contributed by atoms with van der Waals surface area (Å²) in [7, 11) is 0. The molecule has 0 aliphatic carbocycles. The first-order chi connectivity index (χ1) is 8.00. The van der Waals surface area contributed by atoms with Crippen LogP contribution in [0.25, 0.3) is 0 Å². The summed E-state index contributed by atoms with van der Waals surface area (Å²) in [5.74, 6) is 0.586. The van der Waals surface area contributed by atoms with Gasteiger partial charge in [0.2, 0.25) is 5.91 Å². The van der Waals surface area contributed by atoms with E-state index in [0.717, 1.165) is 10.2 Å². The van der Waals surface area contributed by atoms with E-state index in [9.17, 15) is 4.79 Å². The second-order valence-corrected chi connectivity index (χ2v) is 4.75. The van der Waals surface area contributed by atoms with Crippen molar-refractivity contribution < 1.29 is 9.53 Å². The molecule has 1 unspecified atom stereocenters. The zero-order chi connectivity index (χ0) is 12.8. The monoisotopic (exact) mass is 336 g/mol. The Kier molecular flexibility index (Phi) is 7.98. The lowest BCUT2D eigenvalue weighted by Crippen LogP contribution is -2.42. The molecule has 18 heavy (non-hydrogen) atoms. The molecule has 102 valence electrons. The molecule has 2 atom stereocenters. The van der Waals surface area contributed by atoms with Crippen LogP contribution in [0.1, 0.15) is 13.8 Å². The van der Waals surface area contributed by atoms with Gasteiger partial charge in [0.25, 0.3) is 0 Å². The average molecular weight is 338 g/mol. The zero-order valence-corrected chi connectivity index (χ0v) is 12.8. The zero-order valence-electron chi connectivity index (χ0n) is 10.4. The number of amides is 1. The number of halogens is 2. The van der Waals surface area contributed by atoms with Crippen LogP contribution in [0.15, 0.2) is 28.7 Å². The van der Waals surface area contributed by atoms with E-state index in [2.05, 4.69) is 21.2 Å². The second kappa shape index (κ2) is 8.34. The van der Waals surface area contributed by atoms with Crippen LogP contribution in [-0.2, 0) is 4.79 Å². The third-order valence-electron chi connectivity index (χ3n) is 2.14. The molecular formula is C12H18BrClN2O2. The van der Waals surface area contributed by atoms with Crippen molar-refractivity contribution in [2.75, 3.05) is 6.54 Å². The van der Waals surface area contributed by atoms with E-state index in [-0.39, 0.29) is 24.4 Å². The molecule has 0 aliphatic heterocycles. The van der Waals surface area contributed by atoms with Crippen molar-refractivity contribution in [3.05, 3.63) is 28.7 Å². The highest BCUT2D eigenvalue weighted by Gasteiger charge is 2.10. The fraction of sp³-hybridized carbons (Fsp3) is 0.417. The Hall–Kier alpha value is -0.780. The Balaban J connectivity index is 0.00000289. The van der Waals surface area contributed by atoms with Crippen molar-refractivity contribution in [1.29, 1.82) is 0 Å². The van der Waals surface area contributed by atoms with Crippen LogP contribution in [0, 0.1) is 0 Å². The molecule has 1 rings (SSSR count). The van der Waals surface area contributed by atoms with Crippen LogP contribution in [0.3, 0.4) is 0 Å². The van der Waals surface area contributed by atoms with E-state index in [0.29, 0.717) is 6.54 Å². The lowest BCUT2D eigenvalue weighted by Gasteiger charge is -2.17. The fourth-order valence-corrected chi connectivity index (χ4v) is 1.58. The first-order valence-electron chi connectivity index (χ1n) is 5.45.